The SMILES string of the molecule is Cc1nc(C(F)(F)F)c(C(=O)Nc2ccc(Oc3ccc(Cl)cc3Cl)cc2)s1. The van der Waals surface area contributed by atoms with Crippen molar-refractivity contribution >= 4 is 46.1 Å². The van der Waals surface area contributed by atoms with Gasteiger partial charge in [-0.15, -0.1) is 11.3 Å². The van der Waals surface area contributed by atoms with Gasteiger partial charge in [0.05, 0.1) is 10.0 Å². The summed E-state index contributed by atoms with van der Waals surface area (Å²) in [5, 5.41) is 3.37. The maximum absolute atomic E-state index is 13.0. The molecule has 0 aliphatic carbocycles. The Morgan fingerprint density at radius 2 is 1.82 bits per heavy atom. The van der Waals surface area contributed by atoms with E-state index in [0.717, 1.165) is 0 Å². The van der Waals surface area contributed by atoms with Gasteiger partial charge < -0.3 is 10.1 Å². The number of carbonyl (C=O) groups is 1. The van der Waals surface area contributed by atoms with Crippen LogP contribution in [0, 0.1) is 6.92 Å². The largest absolute Gasteiger partial charge is 0.456 e. The summed E-state index contributed by atoms with van der Waals surface area (Å²) in [4.78, 5) is 15.2. The number of alkyl halides is 3. The van der Waals surface area contributed by atoms with E-state index in [0.29, 0.717) is 38.6 Å². The zero-order valence-corrected chi connectivity index (χ0v) is 16.4. The molecule has 1 aromatic heterocycles. The van der Waals surface area contributed by atoms with Gasteiger partial charge in [-0.1, -0.05) is 23.2 Å². The van der Waals surface area contributed by atoms with E-state index >= 15 is 0 Å². The summed E-state index contributed by atoms with van der Waals surface area (Å²) in [7, 11) is 0. The molecule has 4 nitrogen and oxygen atoms in total. The number of hydrogen-bond donors (Lipinski definition) is 1. The number of carbonyl (C=O) groups excluding carboxylic acids is 1. The number of rotatable bonds is 4. The summed E-state index contributed by atoms with van der Waals surface area (Å²) in [6, 6.07) is 10.8. The van der Waals surface area contributed by atoms with Gasteiger partial charge in [-0.3, -0.25) is 4.79 Å². The maximum atomic E-state index is 13.0. The van der Waals surface area contributed by atoms with Crippen LogP contribution in [0.1, 0.15) is 20.4 Å². The van der Waals surface area contributed by atoms with Crippen LogP contribution < -0.4 is 10.1 Å². The van der Waals surface area contributed by atoms with Gasteiger partial charge in [0.2, 0.25) is 0 Å². The first-order chi connectivity index (χ1) is 13.1. The summed E-state index contributed by atoms with van der Waals surface area (Å²) in [6.45, 7) is 1.41. The fourth-order valence-corrected chi connectivity index (χ4v) is 3.53. The van der Waals surface area contributed by atoms with Crippen molar-refractivity contribution in [2.24, 2.45) is 0 Å². The second-order valence-electron chi connectivity index (χ2n) is 5.56. The fraction of sp³-hybridized carbons (Fsp3) is 0.111. The molecule has 0 bridgehead atoms. The monoisotopic (exact) mass is 446 g/mol. The van der Waals surface area contributed by atoms with Gasteiger partial charge >= 0.3 is 6.18 Å². The standard InChI is InChI=1S/C18H11Cl2F3N2O2S/c1-9-24-16(18(21,22)23)15(28-9)17(26)25-11-3-5-12(6-4-11)27-14-7-2-10(19)8-13(14)20/h2-8H,1H3,(H,25,26). The van der Waals surface area contributed by atoms with E-state index < -0.39 is 22.7 Å². The second kappa shape index (κ2) is 7.98. The zero-order valence-electron chi connectivity index (χ0n) is 14.1. The highest BCUT2D eigenvalue weighted by Crippen LogP contribution is 2.35. The molecule has 146 valence electrons. The number of aryl methyl sites for hydroxylation is 1. The third-order valence-corrected chi connectivity index (χ3v) is 4.94. The molecule has 0 aliphatic heterocycles. The molecule has 0 saturated carbocycles. The molecule has 0 spiro atoms. The Labute approximate surface area is 171 Å². The molecule has 1 heterocycles. The van der Waals surface area contributed by atoms with Crippen molar-refractivity contribution in [2.75, 3.05) is 5.32 Å². The number of nitrogens with zero attached hydrogens (tertiary/aromatic N) is 1. The fourth-order valence-electron chi connectivity index (χ4n) is 2.25. The minimum Gasteiger partial charge on any atom is -0.456 e. The third kappa shape index (κ3) is 4.76. The number of halogens is 5. The van der Waals surface area contributed by atoms with Gasteiger partial charge in [0.1, 0.15) is 16.4 Å². The van der Waals surface area contributed by atoms with Gasteiger partial charge in [-0.05, 0) is 49.4 Å². The van der Waals surface area contributed by atoms with Gasteiger partial charge in [0.15, 0.2) is 5.69 Å². The number of benzene rings is 2. The highest BCUT2D eigenvalue weighted by Gasteiger charge is 2.39. The molecule has 1 N–H and O–H groups in total. The highest BCUT2D eigenvalue weighted by atomic mass is 35.5. The molecule has 0 saturated heterocycles. The van der Waals surface area contributed by atoms with Gasteiger partial charge in [-0.2, -0.15) is 13.2 Å². The van der Waals surface area contributed by atoms with Crippen molar-refractivity contribution < 1.29 is 22.7 Å². The minimum absolute atomic E-state index is 0.154. The number of thiazole rings is 1. The number of hydrogen-bond acceptors (Lipinski definition) is 4. The Hall–Kier alpha value is -2.29. The van der Waals surface area contributed by atoms with E-state index in [1.54, 1.807) is 24.3 Å². The minimum atomic E-state index is -4.70. The van der Waals surface area contributed by atoms with Crippen LogP contribution in [0.15, 0.2) is 42.5 Å². The van der Waals surface area contributed by atoms with Crippen molar-refractivity contribution in [3.8, 4) is 11.5 Å². The van der Waals surface area contributed by atoms with Crippen LogP contribution in [0.5, 0.6) is 11.5 Å². The highest BCUT2D eigenvalue weighted by molar-refractivity contribution is 7.13. The van der Waals surface area contributed by atoms with Crippen LogP contribution in [0.4, 0.5) is 18.9 Å². The molecular weight excluding hydrogens is 436 g/mol. The Kier molecular flexibility index (Phi) is 5.83. The average Bonchev–Trinajstić information content (AvgIpc) is 3.01. The number of aromatic nitrogens is 1. The first kappa shape index (κ1) is 20.4. The number of nitrogens with one attached hydrogen (secondary N) is 1. The van der Waals surface area contributed by atoms with Gasteiger partial charge in [-0.25, -0.2) is 4.98 Å². The van der Waals surface area contributed by atoms with Crippen LogP contribution in [-0.4, -0.2) is 10.9 Å². The van der Waals surface area contributed by atoms with Crippen molar-refractivity contribution in [2.45, 2.75) is 13.1 Å². The molecular formula is C18H11Cl2F3N2O2S. The third-order valence-electron chi connectivity index (χ3n) is 3.44. The van der Waals surface area contributed by atoms with Gasteiger partial charge in [0.25, 0.3) is 5.91 Å². The Morgan fingerprint density at radius 1 is 1.14 bits per heavy atom. The smallest absolute Gasteiger partial charge is 0.435 e. The molecule has 2 aromatic carbocycles. The summed E-state index contributed by atoms with van der Waals surface area (Å²) >= 11 is 12.5. The van der Waals surface area contributed by atoms with Crippen LogP contribution in [0.25, 0.3) is 0 Å². The zero-order chi connectivity index (χ0) is 20.5. The number of anilines is 1. The van der Waals surface area contributed by atoms with Crippen LogP contribution in [0.3, 0.4) is 0 Å². The molecule has 10 heteroatoms. The van der Waals surface area contributed by atoms with Gasteiger partial charge in [0, 0.05) is 10.7 Å². The van der Waals surface area contributed by atoms with E-state index in [4.69, 9.17) is 27.9 Å². The first-order valence-electron chi connectivity index (χ1n) is 7.72. The normalized spacial score (nSPS) is 11.4. The lowest BCUT2D eigenvalue weighted by Crippen LogP contribution is -2.17. The van der Waals surface area contributed by atoms with Crippen molar-refractivity contribution in [3.63, 3.8) is 0 Å². The Balaban J connectivity index is 1.73. The quantitative estimate of drug-likeness (QED) is 0.478. The number of amides is 1. The number of ether oxygens (including phenoxy) is 1. The molecule has 0 unspecified atom stereocenters. The van der Waals surface area contributed by atoms with E-state index in [1.807, 2.05) is 0 Å². The molecule has 1 amide bonds. The molecule has 28 heavy (non-hydrogen) atoms. The van der Waals surface area contributed by atoms with Crippen LogP contribution in [0.2, 0.25) is 10.0 Å². The molecule has 0 fully saturated rings. The predicted octanol–water partition coefficient (Wildman–Crippen LogP) is 6.82. The van der Waals surface area contributed by atoms with E-state index in [1.165, 1.54) is 25.1 Å². The second-order valence-corrected chi connectivity index (χ2v) is 7.61. The molecule has 0 aliphatic rings. The van der Waals surface area contributed by atoms with E-state index in [-0.39, 0.29) is 5.01 Å². The average molecular weight is 447 g/mol. The molecule has 3 aromatic rings. The lowest BCUT2D eigenvalue weighted by molar-refractivity contribution is -0.141. The Morgan fingerprint density at radius 3 is 2.43 bits per heavy atom. The molecule has 3 rings (SSSR count). The topological polar surface area (TPSA) is 51.2 Å². The maximum Gasteiger partial charge on any atom is 0.435 e. The van der Waals surface area contributed by atoms with Crippen molar-refractivity contribution in [3.05, 3.63) is 68.1 Å². The summed E-state index contributed by atoms with van der Waals surface area (Å²) in [5.41, 5.74) is -0.886. The van der Waals surface area contributed by atoms with E-state index in [2.05, 4.69) is 10.3 Å². The lowest BCUT2D eigenvalue weighted by atomic mass is 10.2. The van der Waals surface area contributed by atoms with E-state index in [9.17, 15) is 18.0 Å². The first-order valence-corrected chi connectivity index (χ1v) is 9.29. The van der Waals surface area contributed by atoms with Crippen molar-refractivity contribution in [1.29, 1.82) is 0 Å². The van der Waals surface area contributed by atoms with Crippen LogP contribution in [-0.2, 0) is 6.18 Å². The predicted molar refractivity (Wildman–Crippen MR) is 103 cm³/mol. The summed E-state index contributed by atoms with van der Waals surface area (Å²) < 4.78 is 44.6. The summed E-state index contributed by atoms with van der Waals surface area (Å²) in [6.07, 6.45) is -4.70. The Bertz CT molecular complexity index is 1020. The van der Waals surface area contributed by atoms with Crippen LogP contribution >= 0.6 is 34.5 Å². The van der Waals surface area contributed by atoms with Crippen molar-refractivity contribution in [1.82, 2.24) is 4.98 Å². The summed E-state index contributed by atoms with van der Waals surface area (Å²) in [5.74, 6) is -0.0722. The lowest BCUT2D eigenvalue weighted by Gasteiger charge is -2.10. The molecule has 0 radical (unpaired) electrons. The molecule has 0 atom stereocenters.